The van der Waals surface area contributed by atoms with Crippen LogP contribution in [0.25, 0.3) is 0 Å². The Kier molecular flexibility index (Phi) is 3.37. The van der Waals surface area contributed by atoms with Crippen molar-refractivity contribution < 1.29 is 8.42 Å². The van der Waals surface area contributed by atoms with E-state index < -0.39 is 10.0 Å². The summed E-state index contributed by atoms with van der Waals surface area (Å²) in [5.74, 6) is 0.0647. The molecule has 0 aliphatic heterocycles. The predicted molar refractivity (Wildman–Crippen MR) is 69.5 cm³/mol. The van der Waals surface area contributed by atoms with Gasteiger partial charge in [0.25, 0.3) is 0 Å². The second kappa shape index (κ2) is 4.55. The van der Waals surface area contributed by atoms with E-state index in [0.717, 1.165) is 25.7 Å². The van der Waals surface area contributed by atoms with Gasteiger partial charge in [-0.15, -0.1) is 0 Å². The van der Waals surface area contributed by atoms with E-state index >= 15 is 0 Å². The molecule has 1 aromatic heterocycles. The van der Waals surface area contributed by atoms with Crippen LogP contribution in [0.4, 0.5) is 5.82 Å². The molecule has 1 aliphatic carbocycles. The quantitative estimate of drug-likeness (QED) is 0.839. The van der Waals surface area contributed by atoms with Gasteiger partial charge in [0.1, 0.15) is 4.90 Å². The van der Waals surface area contributed by atoms with Crippen LogP contribution in [0.3, 0.4) is 0 Å². The minimum absolute atomic E-state index is 0.0647. The van der Waals surface area contributed by atoms with Crippen molar-refractivity contribution in [2.45, 2.75) is 56.5 Å². The minimum Gasteiger partial charge on any atom is -0.381 e. The minimum atomic E-state index is -3.57. The Bertz CT molecular complexity index is 526. The molecule has 1 aromatic rings. The smallest absolute Gasteiger partial charge is 0.246 e. The number of hydrogen-bond donors (Lipinski definition) is 2. The van der Waals surface area contributed by atoms with Gasteiger partial charge in [-0.1, -0.05) is 6.92 Å². The first-order chi connectivity index (χ1) is 8.42. The fourth-order valence-corrected chi connectivity index (χ4v) is 3.86. The standard InChI is InChI=1S/C11H20N4O2S/c1-3-11(6-5-7-11)14-18(16,17)9-8-15(4-2)13-10(9)12/h8,14H,3-7H2,1-2H3,(H2,12,13). The summed E-state index contributed by atoms with van der Waals surface area (Å²) in [5.41, 5.74) is 5.39. The van der Waals surface area contributed by atoms with Gasteiger partial charge in [-0.25, -0.2) is 13.1 Å². The molecule has 1 saturated carbocycles. The fourth-order valence-electron chi connectivity index (χ4n) is 2.26. The van der Waals surface area contributed by atoms with Crippen LogP contribution in [0, 0.1) is 0 Å². The number of nitrogens with two attached hydrogens (primary N) is 1. The number of aromatic nitrogens is 2. The maximum absolute atomic E-state index is 12.3. The molecule has 0 radical (unpaired) electrons. The lowest BCUT2D eigenvalue weighted by Gasteiger charge is -2.41. The largest absolute Gasteiger partial charge is 0.381 e. The maximum atomic E-state index is 12.3. The van der Waals surface area contributed by atoms with Crippen LogP contribution in [-0.4, -0.2) is 23.7 Å². The molecule has 0 saturated heterocycles. The highest BCUT2D eigenvalue weighted by atomic mass is 32.2. The van der Waals surface area contributed by atoms with Gasteiger partial charge in [-0.2, -0.15) is 5.10 Å². The summed E-state index contributed by atoms with van der Waals surface area (Å²) in [7, 11) is -3.57. The topological polar surface area (TPSA) is 90.0 Å². The third-order valence-corrected chi connectivity index (χ3v) is 5.30. The molecule has 1 fully saturated rings. The highest BCUT2D eigenvalue weighted by Gasteiger charge is 2.39. The summed E-state index contributed by atoms with van der Waals surface area (Å²) in [6, 6.07) is 0. The zero-order valence-corrected chi connectivity index (χ0v) is 11.6. The van der Waals surface area contributed by atoms with E-state index in [1.54, 1.807) is 0 Å². The van der Waals surface area contributed by atoms with Crippen molar-refractivity contribution in [2.24, 2.45) is 0 Å². The van der Waals surface area contributed by atoms with Crippen molar-refractivity contribution in [3.05, 3.63) is 6.20 Å². The zero-order valence-electron chi connectivity index (χ0n) is 10.8. The molecule has 0 atom stereocenters. The molecule has 0 spiro atoms. The van der Waals surface area contributed by atoms with E-state index in [0.29, 0.717) is 6.54 Å². The van der Waals surface area contributed by atoms with Gasteiger partial charge < -0.3 is 5.73 Å². The lowest BCUT2D eigenvalue weighted by molar-refractivity contribution is 0.214. The normalized spacial score (nSPS) is 18.6. The van der Waals surface area contributed by atoms with Gasteiger partial charge in [0, 0.05) is 18.3 Å². The molecule has 1 heterocycles. The Morgan fingerprint density at radius 3 is 2.56 bits per heavy atom. The zero-order chi connectivity index (χ0) is 13.4. The summed E-state index contributed by atoms with van der Waals surface area (Å²) in [5, 5.41) is 3.97. The molecular formula is C11H20N4O2S. The van der Waals surface area contributed by atoms with Crippen LogP contribution >= 0.6 is 0 Å². The molecule has 1 aliphatic rings. The Labute approximate surface area is 108 Å². The molecule has 0 amide bonds. The summed E-state index contributed by atoms with van der Waals surface area (Å²) in [6.45, 7) is 4.48. The van der Waals surface area contributed by atoms with Crippen LogP contribution in [0.15, 0.2) is 11.1 Å². The number of sulfonamides is 1. The third-order valence-electron chi connectivity index (χ3n) is 3.71. The molecule has 18 heavy (non-hydrogen) atoms. The number of hydrogen-bond acceptors (Lipinski definition) is 4. The summed E-state index contributed by atoms with van der Waals surface area (Å²) >= 11 is 0. The lowest BCUT2D eigenvalue weighted by atomic mass is 9.76. The number of nitrogens with zero attached hydrogens (tertiary/aromatic N) is 2. The highest BCUT2D eigenvalue weighted by molar-refractivity contribution is 7.89. The number of anilines is 1. The summed E-state index contributed by atoms with van der Waals surface area (Å²) in [6.07, 6.45) is 5.14. The number of nitrogens with one attached hydrogen (secondary N) is 1. The number of rotatable bonds is 5. The molecule has 3 N–H and O–H groups in total. The van der Waals surface area contributed by atoms with Crippen molar-refractivity contribution in [1.82, 2.24) is 14.5 Å². The number of nitrogen functional groups attached to an aromatic ring is 1. The second-order valence-electron chi connectivity index (χ2n) is 4.83. The van der Waals surface area contributed by atoms with Crippen molar-refractivity contribution in [3.8, 4) is 0 Å². The van der Waals surface area contributed by atoms with Gasteiger partial charge >= 0.3 is 0 Å². The van der Waals surface area contributed by atoms with Gasteiger partial charge in [0.15, 0.2) is 5.82 Å². The average Bonchev–Trinajstić information content (AvgIpc) is 2.66. The molecule has 2 rings (SSSR count). The van der Waals surface area contributed by atoms with Gasteiger partial charge in [-0.05, 0) is 32.6 Å². The molecule has 0 aromatic carbocycles. The fraction of sp³-hybridized carbons (Fsp3) is 0.727. The van der Waals surface area contributed by atoms with E-state index in [1.807, 2.05) is 13.8 Å². The van der Waals surface area contributed by atoms with Gasteiger partial charge in [0.2, 0.25) is 10.0 Å². The Morgan fingerprint density at radius 1 is 1.50 bits per heavy atom. The van der Waals surface area contributed by atoms with E-state index in [9.17, 15) is 8.42 Å². The Balaban J connectivity index is 2.27. The lowest BCUT2D eigenvalue weighted by Crippen LogP contribution is -2.52. The molecular weight excluding hydrogens is 252 g/mol. The molecule has 0 bridgehead atoms. The van der Waals surface area contributed by atoms with E-state index in [2.05, 4.69) is 9.82 Å². The SMILES string of the molecule is CCn1cc(S(=O)(=O)NC2(CC)CCC2)c(N)n1. The molecule has 7 heteroatoms. The van der Waals surface area contributed by atoms with Crippen molar-refractivity contribution in [1.29, 1.82) is 0 Å². The van der Waals surface area contributed by atoms with E-state index in [1.165, 1.54) is 10.9 Å². The highest BCUT2D eigenvalue weighted by Crippen LogP contribution is 2.36. The first-order valence-electron chi connectivity index (χ1n) is 6.29. The molecule has 6 nitrogen and oxygen atoms in total. The third kappa shape index (κ3) is 2.24. The Hall–Kier alpha value is -1.08. The molecule has 102 valence electrons. The summed E-state index contributed by atoms with van der Waals surface area (Å²) in [4.78, 5) is 0.0871. The first-order valence-corrected chi connectivity index (χ1v) is 7.78. The summed E-state index contributed by atoms with van der Waals surface area (Å²) < 4.78 is 28.9. The van der Waals surface area contributed by atoms with Crippen LogP contribution in [0.5, 0.6) is 0 Å². The van der Waals surface area contributed by atoms with Crippen molar-refractivity contribution in [3.63, 3.8) is 0 Å². The van der Waals surface area contributed by atoms with Crippen LogP contribution < -0.4 is 10.5 Å². The van der Waals surface area contributed by atoms with Crippen molar-refractivity contribution in [2.75, 3.05) is 5.73 Å². The monoisotopic (exact) mass is 272 g/mol. The number of aryl methyl sites for hydroxylation is 1. The van der Waals surface area contributed by atoms with Crippen LogP contribution in [0.1, 0.15) is 39.5 Å². The second-order valence-corrected chi connectivity index (χ2v) is 6.48. The van der Waals surface area contributed by atoms with Crippen LogP contribution in [0.2, 0.25) is 0 Å². The molecule has 0 unspecified atom stereocenters. The first kappa shape index (κ1) is 13.4. The van der Waals surface area contributed by atoms with Gasteiger partial charge in [0.05, 0.1) is 0 Å². The maximum Gasteiger partial charge on any atom is 0.246 e. The van der Waals surface area contributed by atoms with Crippen LogP contribution in [-0.2, 0) is 16.6 Å². The van der Waals surface area contributed by atoms with Gasteiger partial charge in [-0.3, -0.25) is 4.68 Å². The predicted octanol–water partition coefficient (Wildman–Crippen LogP) is 1.10. The Morgan fingerprint density at radius 2 is 2.17 bits per heavy atom. The van der Waals surface area contributed by atoms with E-state index in [4.69, 9.17) is 5.73 Å². The van der Waals surface area contributed by atoms with Crippen molar-refractivity contribution >= 4 is 15.8 Å². The van der Waals surface area contributed by atoms with E-state index in [-0.39, 0.29) is 16.3 Å². The average molecular weight is 272 g/mol.